The Kier molecular flexibility index (Phi) is 7.63. The van der Waals surface area contributed by atoms with Crippen LogP contribution in [0.4, 0.5) is 0 Å². The number of halogens is 1. The number of carbonyl (C=O) groups excluding carboxylic acids is 1. The minimum absolute atomic E-state index is 0. The van der Waals surface area contributed by atoms with Crippen molar-refractivity contribution < 1.29 is 4.79 Å². The average Bonchev–Trinajstić information content (AvgIpc) is 2.71. The van der Waals surface area contributed by atoms with Gasteiger partial charge in [0.1, 0.15) is 0 Å². The fraction of sp³-hybridized carbons (Fsp3) is 0.562. The van der Waals surface area contributed by atoms with Crippen molar-refractivity contribution in [2.45, 2.75) is 38.1 Å². The normalized spacial score (nSPS) is 19.1. The quantitative estimate of drug-likeness (QED) is 0.925. The summed E-state index contributed by atoms with van der Waals surface area (Å²) >= 11 is 0. The molecule has 112 valence electrons. The van der Waals surface area contributed by atoms with Crippen LogP contribution in [0.25, 0.3) is 0 Å². The van der Waals surface area contributed by atoms with E-state index in [1.165, 1.54) is 18.4 Å². The first-order chi connectivity index (χ1) is 9.33. The lowest BCUT2D eigenvalue weighted by molar-refractivity contribution is -0.133. The van der Waals surface area contributed by atoms with E-state index in [1.807, 2.05) is 13.1 Å². The van der Waals surface area contributed by atoms with Crippen LogP contribution in [-0.2, 0) is 4.79 Å². The number of likely N-dealkylation sites (tertiary alicyclic amines) is 1. The molecule has 1 aliphatic rings. The summed E-state index contributed by atoms with van der Waals surface area (Å²) in [7, 11) is 1.89. The fourth-order valence-corrected chi connectivity index (χ4v) is 2.80. The molecule has 1 heterocycles. The molecule has 1 saturated heterocycles. The zero-order chi connectivity index (χ0) is 13.5. The minimum atomic E-state index is 0. The Bertz CT molecular complexity index is 397. The van der Waals surface area contributed by atoms with E-state index in [2.05, 4.69) is 34.5 Å². The highest BCUT2D eigenvalue weighted by Crippen LogP contribution is 2.30. The standard InChI is InChI=1S/C16H24N2O.ClH/c1-17-12-11-16(19)18-13-7-3-6-10-15(18)14-8-4-2-5-9-14;/h2,4-5,8-9,15,17H,3,6-7,10-13H2,1H3;1H. The summed E-state index contributed by atoms with van der Waals surface area (Å²) in [6, 6.07) is 10.7. The van der Waals surface area contributed by atoms with Gasteiger partial charge in [0.2, 0.25) is 5.91 Å². The zero-order valence-electron chi connectivity index (χ0n) is 12.2. The first kappa shape index (κ1) is 17.0. The van der Waals surface area contributed by atoms with Crippen LogP contribution in [0.2, 0.25) is 0 Å². The molecule has 1 N–H and O–H groups in total. The van der Waals surface area contributed by atoms with Gasteiger partial charge in [0, 0.05) is 19.5 Å². The van der Waals surface area contributed by atoms with Gasteiger partial charge >= 0.3 is 0 Å². The summed E-state index contributed by atoms with van der Waals surface area (Å²) in [5.74, 6) is 0.283. The van der Waals surface area contributed by atoms with Gasteiger partial charge in [-0.3, -0.25) is 4.79 Å². The van der Waals surface area contributed by atoms with E-state index in [9.17, 15) is 4.79 Å². The number of amides is 1. The van der Waals surface area contributed by atoms with Gasteiger partial charge in [-0.25, -0.2) is 0 Å². The Labute approximate surface area is 128 Å². The van der Waals surface area contributed by atoms with Gasteiger partial charge in [-0.2, -0.15) is 0 Å². The number of benzene rings is 1. The SMILES string of the molecule is CNCCC(=O)N1CCCCCC1c1ccccc1.Cl. The largest absolute Gasteiger partial charge is 0.336 e. The van der Waals surface area contributed by atoms with Crippen molar-refractivity contribution in [3.63, 3.8) is 0 Å². The van der Waals surface area contributed by atoms with E-state index >= 15 is 0 Å². The van der Waals surface area contributed by atoms with Crippen molar-refractivity contribution in [1.29, 1.82) is 0 Å². The minimum Gasteiger partial charge on any atom is -0.336 e. The van der Waals surface area contributed by atoms with Gasteiger partial charge in [0.15, 0.2) is 0 Å². The summed E-state index contributed by atoms with van der Waals surface area (Å²) in [5.41, 5.74) is 1.28. The molecule has 1 amide bonds. The molecule has 1 atom stereocenters. The summed E-state index contributed by atoms with van der Waals surface area (Å²) in [6.45, 7) is 1.67. The molecule has 0 radical (unpaired) electrons. The summed E-state index contributed by atoms with van der Waals surface area (Å²) < 4.78 is 0. The zero-order valence-corrected chi connectivity index (χ0v) is 13.0. The van der Waals surface area contributed by atoms with Crippen LogP contribution in [0.3, 0.4) is 0 Å². The highest BCUT2D eigenvalue weighted by molar-refractivity contribution is 5.85. The highest BCUT2D eigenvalue weighted by Gasteiger charge is 2.25. The highest BCUT2D eigenvalue weighted by atomic mass is 35.5. The van der Waals surface area contributed by atoms with Crippen molar-refractivity contribution >= 4 is 18.3 Å². The van der Waals surface area contributed by atoms with E-state index < -0.39 is 0 Å². The van der Waals surface area contributed by atoms with Gasteiger partial charge in [-0.05, 0) is 25.5 Å². The van der Waals surface area contributed by atoms with Crippen LogP contribution < -0.4 is 5.32 Å². The monoisotopic (exact) mass is 296 g/mol. The molecule has 0 saturated carbocycles. The van der Waals surface area contributed by atoms with Gasteiger partial charge in [0.25, 0.3) is 0 Å². The van der Waals surface area contributed by atoms with Gasteiger partial charge in [-0.1, -0.05) is 43.2 Å². The predicted octanol–water partition coefficient (Wildman–Crippen LogP) is 3.16. The molecule has 0 spiro atoms. The third kappa shape index (κ3) is 4.50. The van der Waals surface area contributed by atoms with Crippen LogP contribution >= 0.6 is 12.4 Å². The number of nitrogens with one attached hydrogen (secondary N) is 1. The molecule has 20 heavy (non-hydrogen) atoms. The molecule has 4 heteroatoms. The smallest absolute Gasteiger partial charge is 0.224 e. The molecule has 1 aromatic carbocycles. The number of hydrogen-bond acceptors (Lipinski definition) is 2. The maximum absolute atomic E-state index is 12.4. The lowest BCUT2D eigenvalue weighted by atomic mass is 10.0. The van der Waals surface area contributed by atoms with Gasteiger partial charge < -0.3 is 10.2 Å². The van der Waals surface area contributed by atoms with E-state index in [0.717, 1.165) is 25.9 Å². The first-order valence-corrected chi connectivity index (χ1v) is 7.32. The molecule has 0 bridgehead atoms. The van der Waals surface area contributed by atoms with Crippen LogP contribution in [0.15, 0.2) is 30.3 Å². The van der Waals surface area contributed by atoms with Crippen LogP contribution in [-0.4, -0.2) is 30.9 Å². The number of hydrogen-bond donors (Lipinski definition) is 1. The Morgan fingerprint density at radius 1 is 1.25 bits per heavy atom. The van der Waals surface area contributed by atoms with Crippen molar-refractivity contribution in [2.75, 3.05) is 20.1 Å². The maximum Gasteiger partial charge on any atom is 0.224 e. The number of rotatable bonds is 4. The van der Waals surface area contributed by atoms with Crippen molar-refractivity contribution in [2.24, 2.45) is 0 Å². The Morgan fingerprint density at radius 2 is 2.00 bits per heavy atom. The molecular weight excluding hydrogens is 272 g/mol. The van der Waals surface area contributed by atoms with E-state index in [1.54, 1.807) is 0 Å². The average molecular weight is 297 g/mol. The topological polar surface area (TPSA) is 32.3 Å². The molecule has 1 aliphatic heterocycles. The molecule has 2 rings (SSSR count). The second-order valence-corrected chi connectivity index (χ2v) is 5.22. The van der Waals surface area contributed by atoms with Crippen molar-refractivity contribution in [3.05, 3.63) is 35.9 Å². The van der Waals surface area contributed by atoms with E-state index in [0.29, 0.717) is 6.42 Å². The first-order valence-electron chi connectivity index (χ1n) is 7.32. The molecule has 1 aromatic rings. The fourth-order valence-electron chi connectivity index (χ4n) is 2.80. The second-order valence-electron chi connectivity index (χ2n) is 5.22. The molecular formula is C16H25ClN2O. The Morgan fingerprint density at radius 3 is 2.70 bits per heavy atom. The molecule has 0 aromatic heterocycles. The third-order valence-electron chi connectivity index (χ3n) is 3.85. The number of nitrogens with zero attached hydrogens (tertiary/aromatic N) is 1. The van der Waals surface area contributed by atoms with Crippen molar-refractivity contribution in [1.82, 2.24) is 10.2 Å². The van der Waals surface area contributed by atoms with Crippen LogP contribution in [0.5, 0.6) is 0 Å². The third-order valence-corrected chi connectivity index (χ3v) is 3.85. The second kappa shape index (κ2) is 8.98. The summed E-state index contributed by atoms with van der Waals surface area (Å²) in [5, 5.41) is 3.06. The van der Waals surface area contributed by atoms with Crippen LogP contribution in [0, 0.1) is 0 Å². The lowest BCUT2D eigenvalue weighted by Crippen LogP contribution is -2.36. The Hall–Kier alpha value is -1.06. The van der Waals surface area contributed by atoms with Gasteiger partial charge in [-0.15, -0.1) is 12.4 Å². The molecule has 3 nitrogen and oxygen atoms in total. The predicted molar refractivity (Wildman–Crippen MR) is 85.2 cm³/mol. The van der Waals surface area contributed by atoms with E-state index in [-0.39, 0.29) is 24.4 Å². The summed E-state index contributed by atoms with van der Waals surface area (Å²) in [6.07, 6.45) is 5.28. The molecule has 0 aliphatic carbocycles. The number of carbonyl (C=O) groups is 1. The molecule has 1 unspecified atom stereocenters. The Balaban J connectivity index is 0.00000200. The van der Waals surface area contributed by atoms with E-state index in [4.69, 9.17) is 0 Å². The lowest BCUT2D eigenvalue weighted by Gasteiger charge is -2.30. The molecule has 1 fully saturated rings. The van der Waals surface area contributed by atoms with Crippen molar-refractivity contribution in [3.8, 4) is 0 Å². The van der Waals surface area contributed by atoms with Gasteiger partial charge in [0.05, 0.1) is 6.04 Å². The summed E-state index contributed by atoms with van der Waals surface area (Å²) in [4.78, 5) is 14.5. The van der Waals surface area contributed by atoms with Crippen LogP contribution in [0.1, 0.15) is 43.7 Å². The maximum atomic E-state index is 12.4.